The van der Waals surface area contributed by atoms with Gasteiger partial charge in [-0.15, -0.1) is 5.10 Å². The van der Waals surface area contributed by atoms with Crippen LogP contribution in [0.25, 0.3) is 4.96 Å². The van der Waals surface area contributed by atoms with Crippen molar-refractivity contribution in [1.82, 2.24) is 19.5 Å². The van der Waals surface area contributed by atoms with Crippen LogP contribution in [0.3, 0.4) is 0 Å². The molecule has 1 aliphatic heterocycles. The van der Waals surface area contributed by atoms with E-state index in [1.807, 2.05) is 6.92 Å². The lowest BCUT2D eigenvalue weighted by Gasteiger charge is -2.36. The fourth-order valence-corrected chi connectivity index (χ4v) is 4.95. The van der Waals surface area contributed by atoms with E-state index in [1.54, 1.807) is 6.07 Å². The quantitative estimate of drug-likeness (QED) is 0.647. The first-order valence-corrected chi connectivity index (χ1v) is 10.6. The second-order valence-electron chi connectivity index (χ2n) is 7.61. The van der Waals surface area contributed by atoms with Crippen LogP contribution >= 0.6 is 11.3 Å². The molecule has 0 amide bonds. The monoisotopic (exact) mass is 424 g/mol. The zero-order valence-corrected chi connectivity index (χ0v) is 17.1. The van der Waals surface area contributed by atoms with Gasteiger partial charge in [0.25, 0.3) is 0 Å². The molecule has 1 fully saturated rings. The van der Waals surface area contributed by atoms with Crippen LogP contribution in [-0.2, 0) is 12.6 Å². The highest BCUT2D eigenvalue weighted by Gasteiger charge is 2.35. The fourth-order valence-electron chi connectivity index (χ4n) is 3.82. The van der Waals surface area contributed by atoms with Crippen LogP contribution in [0.1, 0.15) is 54.6 Å². The summed E-state index contributed by atoms with van der Waals surface area (Å²) in [6, 6.07) is 4.93. The number of fused-ring (bicyclic) bond motifs is 1. The lowest BCUT2D eigenvalue weighted by atomic mass is 9.94. The number of alkyl halides is 3. The Morgan fingerprint density at radius 3 is 2.62 bits per heavy atom. The van der Waals surface area contributed by atoms with Crippen molar-refractivity contribution in [3.63, 3.8) is 0 Å². The highest BCUT2D eigenvalue weighted by molar-refractivity contribution is 7.17. The van der Waals surface area contributed by atoms with E-state index in [4.69, 9.17) is 0 Å². The number of benzene rings is 1. The molecule has 1 aliphatic rings. The molecule has 0 saturated carbocycles. The third-order valence-electron chi connectivity index (χ3n) is 5.52. The number of thiazole rings is 1. The molecule has 1 aromatic carbocycles. The molecule has 9 heteroatoms. The summed E-state index contributed by atoms with van der Waals surface area (Å²) >= 11 is 1.29. The molecule has 1 atom stereocenters. The van der Waals surface area contributed by atoms with Crippen LogP contribution in [0.5, 0.6) is 5.88 Å². The second-order valence-corrected chi connectivity index (χ2v) is 8.62. The number of likely N-dealkylation sites (tertiary alicyclic amines) is 1. The Balaban J connectivity index is 1.81. The van der Waals surface area contributed by atoms with Crippen LogP contribution < -0.4 is 0 Å². The maximum Gasteiger partial charge on any atom is 0.416 e. The number of aromatic hydroxyl groups is 1. The minimum atomic E-state index is -4.42. The Kier molecular flexibility index (Phi) is 5.29. The van der Waals surface area contributed by atoms with E-state index in [0.717, 1.165) is 32.0 Å². The van der Waals surface area contributed by atoms with E-state index in [-0.39, 0.29) is 5.88 Å². The van der Waals surface area contributed by atoms with Gasteiger partial charge in [-0.3, -0.25) is 4.90 Å². The zero-order chi connectivity index (χ0) is 20.8. The Labute approximate surface area is 170 Å². The summed E-state index contributed by atoms with van der Waals surface area (Å²) in [6.45, 7) is 5.63. The average Bonchev–Trinajstić information content (AvgIpc) is 3.23. The van der Waals surface area contributed by atoms with Gasteiger partial charge in [0.2, 0.25) is 10.8 Å². The smallest absolute Gasteiger partial charge is 0.416 e. The van der Waals surface area contributed by atoms with Gasteiger partial charge in [0.05, 0.1) is 16.5 Å². The van der Waals surface area contributed by atoms with Gasteiger partial charge in [-0.1, -0.05) is 37.3 Å². The lowest BCUT2D eigenvalue weighted by molar-refractivity contribution is -0.137. The molecule has 1 N–H and O–H groups in total. The fraction of sp³-hybridized carbons (Fsp3) is 0.500. The van der Waals surface area contributed by atoms with Crippen LogP contribution in [0, 0.1) is 5.92 Å². The Bertz CT molecular complexity index is 1000. The Hall–Kier alpha value is -2.13. The van der Waals surface area contributed by atoms with Crippen LogP contribution in [0.15, 0.2) is 24.3 Å². The van der Waals surface area contributed by atoms with Crippen molar-refractivity contribution < 1.29 is 18.3 Å². The Morgan fingerprint density at radius 2 is 2.00 bits per heavy atom. The Morgan fingerprint density at radius 1 is 1.28 bits per heavy atom. The molecule has 3 aromatic rings. The van der Waals surface area contributed by atoms with Crippen molar-refractivity contribution in [2.24, 2.45) is 5.92 Å². The van der Waals surface area contributed by atoms with Gasteiger partial charge in [0, 0.05) is 6.42 Å². The summed E-state index contributed by atoms with van der Waals surface area (Å²) in [4.78, 5) is 7.70. The molecule has 0 bridgehead atoms. The summed E-state index contributed by atoms with van der Waals surface area (Å²) in [5, 5.41) is 15.2. The molecular formula is C20H23F3N4OS. The summed E-state index contributed by atoms with van der Waals surface area (Å²) in [7, 11) is 0. The van der Waals surface area contributed by atoms with Crippen molar-refractivity contribution >= 4 is 16.3 Å². The highest BCUT2D eigenvalue weighted by atomic mass is 32.1. The van der Waals surface area contributed by atoms with E-state index in [9.17, 15) is 18.3 Å². The van der Waals surface area contributed by atoms with E-state index < -0.39 is 17.8 Å². The SMILES string of the molecule is CCc1nc2sc([C@H](c3cccc(C(F)(F)F)c3)N3CCC(C)CC3)c(O)n2n1. The van der Waals surface area contributed by atoms with Gasteiger partial charge in [0.1, 0.15) is 0 Å². The molecule has 1 saturated heterocycles. The highest BCUT2D eigenvalue weighted by Crippen LogP contribution is 2.42. The molecule has 3 heterocycles. The van der Waals surface area contributed by atoms with Crippen molar-refractivity contribution in [1.29, 1.82) is 0 Å². The molecule has 5 nitrogen and oxygen atoms in total. The molecule has 29 heavy (non-hydrogen) atoms. The topological polar surface area (TPSA) is 53.7 Å². The van der Waals surface area contributed by atoms with Gasteiger partial charge >= 0.3 is 6.18 Å². The molecule has 2 aromatic heterocycles. The first-order valence-electron chi connectivity index (χ1n) is 9.76. The maximum atomic E-state index is 13.3. The zero-order valence-electron chi connectivity index (χ0n) is 16.3. The number of aryl methyl sites for hydroxylation is 1. The predicted molar refractivity (Wildman–Crippen MR) is 105 cm³/mol. The maximum absolute atomic E-state index is 13.3. The van der Waals surface area contributed by atoms with Gasteiger partial charge in [0.15, 0.2) is 5.82 Å². The average molecular weight is 424 g/mol. The van der Waals surface area contributed by atoms with Gasteiger partial charge in [-0.25, -0.2) is 4.98 Å². The molecular weight excluding hydrogens is 401 g/mol. The number of hydrogen-bond donors (Lipinski definition) is 1. The van der Waals surface area contributed by atoms with E-state index >= 15 is 0 Å². The summed E-state index contributed by atoms with van der Waals surface area (Å²) in [5.41, 5.74) is -0.164. The van der Waals surface area contributed by atoms with Crippen LogP contribution in [0.2, 0.25) is 0 Å². The van der Waals surface area contributed by atoms with Gasteiger partial charge < -0.3 is 5.11 Å². The molecule has 0 aliphatic carbocycles. The summed E-state index contributed by atoms with van der Waals surface area (Å²) < 4.78 is 41.4. The molecule has 0 spiro atoms. The van der Waals surface area contributed by atoms with E-state index in [0.29, 0.717) is 33.6 Å². The number of nitrogens with zero attached hydrogens (tertiary/aromatic N) is 4. The third-order valence-corrected chi connectivity index (χ3v) is 6.59. The number of rotatable bonds is 4. The molecule has 156 valence electrons. The van der Waals surface area contributed by atoms with E-state index in [2.05, 4.69) is 21.9 Å². The van der Waals surface area contributed by atoms with E-state index in [1.165, 1.54) is 28.0 Å². The summed E-state index contributed by atoms with van der Waals surface area (Å²) in [5.74, 6) is 1.16. The summed E-state index contributed by atoms with van der Waals surface area (Å²) in [6.07, 6.45) is -1.83. The molecule has 0 radical (unpaired) electrons. The largest absolute Gasteiger partial charge is 0.492 e. The van der Waals surface area contributed by atoms with Crippen molar-refractivity contribution in [3.8, 4) is 5.88 Å². The molecule has 0 unspecified atom stereocenters. The van der Waals surface area contributed by atoms with Crippen molar-refractivity contribution in [2.75, 3.05) is 13.1 Å². The molecule has 4 rings (SSSR count). The number of aromatic nitrogens is 3. The first-order chi connectivity index (χ1) is 13.8. The van der Waals surface area contributed by atoms with Gasteiger partial charge in [-0.2, -0.15) is 17.7 Å². The third kappa shape index (κ3) is 3.85. The number of piperidine rings is 1. The minimum Gasteiger partial charge on any atom is -0.492 e. The van der Waals surface area contributed by atoms with Crippen molar-refractivity contribution in [3.05, 3.63) is 46.1 Å². The normalized spacial score (nSPS) is 17.8. The number of hydrogen-bond acceptors (Lipinski definition) is 5. The minimum absolute atomic E-state index is 0.0433. The van der Waals surface area contributed by atoms with Gasteiger partial charge in [-0.05, 0) is 49.5 Å². The second kappa shape index (κ2) is 7.60. The predicted octanol–water partition coefficient (Wildman–Crippen LogP) is 4.90. The first kappa shape index (κ1) is 20.2. The number of halogens is 3. The van der Waals surface area contributed by atoms with Crippen LogP contribution in [-0.4, -0.2) is 37.7 Å². The standard InChI is InChI=1S/C20H23F3N4OS/c1-3-15-24-19-27(25-15)18(28)17(29-19)16(26-9-7-12(2)8-10-26)13-5-4-6-14(11-13)20(21,22)23/h4-6,11-12,16,28H,3,7-10H2,1-2H3/t16-/m0/s1. The van der Waals surface area contributed by atoms with Crippen molar-refractivity contribution in [2.45, 2.75) is 45.3 Å². The lowest BCUT2D eigenvalue weighted by Crippen LogP contribution is -2.36. The van der Waals surface area contributed by atoms with Crippen LogP contribution in [0.4, 0.5) is 13.2 Å².